The van der Waals surface area contributed by atoms with Crippen molar-refractivity contribution in [2.45, 2.75) is 25.6 Å². The highest BCUT2D eigenvalue weighted by Gasteiger charge is 2.38. The van der Waals surface area contributed by atoms with E-state index in [4.69, 9.17) is 0 Å². The van der Waals surface area contributed by atoms with Crippen LogP contribution in [0.15, 0.2) is 30.3 Å². The number of rotatable bonds is 4. The molecule has 1 heterocycles. The van der Waals surface area contributed by atoms with E-state index in [1.165, 1.54) is 5.56 Å². The van der Waals surface area contributed by atoms with Crippen LogP contribution in [0.5, 0.6) is 0 Å². The third kappa shape index (κ3) is 5.04. The molecule has 2 rings (SSSR count). The van der Waals surface area contributed by atoms with Gasteiger partial charge >= 0.3 is 12.1 Å². The molecule has 1 amide bonds. The molecule has 0 radical (unpaired) electrons. The van der Waals surface area contributed by atoms with Gasteiger partial charge in [-0.25, -0.2) is 0 Å². The number of halogens is 3. The largest absolute Gasteiger partial charge is 0.471 e. The van der Waals surface area contributed by atoms with Gasteiger partial charge in [0.15, 0.2) is 0 Å². The monoisotopic (exact) mass is 300 g/mol. The minimum Gasteiger partial charge on any atom is -0.348 e. The molecule has 6 heteroatoms. The number of hydrogen-bond acceptors (Lipinski definition) is 2. The van der Waals surface area contributed by atoms with E-state index in [0.29, 0.717) is 0 Å². The maximum absolute atomic E-state index is 12.1. The number of nitrogens with one attached hydrogen (secondary N) is 1. The quantitative estimate of drug-likeness (QED) is 0.927. The Balaban J connectivity index is 1.70. The fourth-order valence-corrected chi connectivity index (χ4v) is 2.53. The van der Waals surface area contributed by atoms with Gasteiger partial charge in [0.2, 0.25) is 0 Å². The van der Waals surface area contributed by atoms with Crippen LogP contribution in [-0.2, 0) is 11.3 Å². The van der Waals surface area contributed by atoms with Crippen molar-refractivity contribution in [2.75, 3.05) is 19.6 Å². The molecular formula is C15H19F3N2O. The van der Waals surface area contributed by atoms with Crippen molar-refractivity contribution in [3.8, 4) is 0 Å². The molecule has 21 heavy (non-hydrogen) atoms. The number of likely N-dealkylation sites (tertiary alicyclic amines) is 1. The van der Waals surface area contributed by atoms with Gasteiger partial charge in [-0.2, -0.15) is 13.2 Å². The topological polar surface area (TPSA) is 32.3 Å². The van der Waals surface area contributed by atoms with Crippen LogP contribution in [0.4, 0.5) is 13.2 Å². The lowest BCUT2D eigenvalue weighted by molar-refractivity contribution is -0.173. The van der Waals surface area contributed by atoms with Crippen LogP contribution in [0.2, 0.25) is 0 Å². The summed E-state index contributed by atoms with van der Waals surface area (Å²) < 4.78 is 36.3. The van der Waals surface area contributed by atoms with E-state index in [2.05, 4.69) is 17.0 Å². The predicted molar refractivity (Wildman–Crippen MR) is 73.5 cm³/mol. The average Bonchev–Trinajstić information content (AvgIpc) is 2.46. The van der Waals surface area contributed by atoms with Crippen LogP contribution in [-0.4, -0.2) is 36.6 Å². The molecule has 1 N–H and O–H groups in total. The van der Waals surface area contributed by atoms with E-state index in [1.807, 2.05) is 23.5 Å². The van der Waals surface area contributed by atoms with E-state index >= 15 is 0 Å². The number of carbonyl (C=O) groups is 1. The first kappa shape index (κ1) is 15.8. The molecule has 0 atom stereocenters. The van der Waals surface area contributed by atoms with Gasteiger partial charge in [0, 0.05) is 13.1 Å². The number of carbonyl (C=O) groups excluding carboxylic acids is 1. The van der Waals surface area contributed by atoms with Crippen LogP contribution >= 0.6 is 0 Å². The van der Waals surface area contributed by atoms with Gasteiger partial charge in [-0.05, 0) is 37.4 Å². The smallest absolute Gasteiger partial charge is 0.348 e. The van der Waals surface area contributed by atoms with Crippen molar-refractivity contribution in [3.05, 3.63) is 35.9 Å². The molecule has 116 valence electrons. The predicted octanol–water partition coefficient (Wildman–Crippen LogP) is 2.58. The first-order chi connectivity index (χ1) is 9.95. The molecule has 0 bridgehead atoms. The second kappa shape index (κ2) is 6.93. The van der Waals surface area contributed by atoms with Gasteiger partial charge in [-0.3, -0.25) is 9.69 Å². The molecular weight excluding hydrogens is 281 g/mol. The fraction of sp³-hybridized carbons (Fsp3) is 0.533. The number of nitrogens with zero attached hydrogens (tertiary/aromatic N) is 1. The highest BCUT2D eigenvalue weighted by atomic mass is 19.4. The molecule has 1 aliphatic heterocycles. The summed E-state index contributed by atoms with van der Waals surface area (Å²) in [7, 11) is 0. The van der Waals surface area contributed by atoms with Gasteiger partial charge < -0.3 is 5.32 Å². The Labute approximate surface area is 122 Å². The van der Waals surface area contributed by atoms with Crippen molar-refractivity contribution in [1.29, 1.82) is 0 Å². The van der Waals surface area contributed by atoms with Crippen molar-refractivity contribution in [2.24, 2.45) is 5.92 Å². The molecule has 0 aromatic heterocycles. The van der Waals surface area contributed by atoms with Crippen LogP contribution in [0.1, 0.15) is 18.4 Å². The molecule has 1 aromatic carbocycles. The Kier molecular flexibility index (Phi) is 5.22. The standard InChI is InChI=1S/C15H19F3N2O/c16-15(17,18)14(21)19-10-12-6-8-20(9-7-12)11-13-4-2-1-3-5-13/h1-5,12H,6-11H2,(H,19,21). The summed E-state index contributed by atoms with van der Waals surface area (Å²) in [6.07, 6.45) is -3.16. The number of amides is 1. The van der Waals surface area contributed by atoms with Crippen LogP contribution in [0, 0.1) is 5.92 Å². The maximum atomic E-state index is 12.1. The summed E-state index contributed by atoms with van der Waals surface area (Å²) in [6, 6.07) is 10.1. The van der Waals surface area contributed by atoms with E-state index < -0.39 is 12.1 Å². The third-order valence-electron chi connectivity index (χ3n) is 3.76. The van der Waals surface area contributed by atoms with Gasteiger partial charge in [0.05, 0.1) is 0 Å². The lowest BCUT2D eigenvalue weighted by Gasteiger charge is -2.32. The fourth-order valence-electron chi connectivity index (χ4n) is 2.53. The van der Waals surface area contributed by atoms with Crippen molar-refractivity contribution >= 4 is 5.91 Å². The number of alkyl halides is 3. The maximum Gasteiger partial charge on any atom is 0.471 e. The van der Waals surface area contributed by atoms with Crippen molar-refractivity contribution < 1.29 is 18.0 Å². The summed E-state index contributed by atoms with van der Waals surface area (Å²) in [5.41, 5.74) is 1.24. The van der Waals surface area contributed by atoms with E-state index in [9.17, 15) is 18.0 Å². The highest BCUT2D eigenvalue weighted by Crippen LogP contribution is 2.19. The Morgan fingerprint density at radius 1 is 1.19 bits per heavy atom. The Morgan fingerprint density at radius 3 is 2.38 bits per heavy atom. The summed E-state index contributed by atoms with van der Waals surface area (Å²) >= 11 is 0. The van der Waals surface area contributed by atoms with E-state index in [1.54, 1.807) is 0 Å². The van der Waals surface area contributed by atoms with Crippen LogP contribution < -0.4 is 5.32 Å². The molecule has 1 aliphatic rings. The zero-order valence-electron chi connectivity index (χ0n) is 11.7. The van der Waals surface area contributed by atoms with E-state index in [-0.39, 0.29) is 12.5 Å². The first-order valence-corrected chi connectivity index (χ1v) is 7.06. The van der Waals surface area contributed by atoms with Crippen LogP contribution in [0.3, 0.4) is 0 Å². The minimum absolute atomic E-state index is 0.109. The summed E-state index contributed by atoms with van der Waals surface area (Å²) in [5.74, 6) is -1.71. The number of piperidine rings is 1. The first-order valence-electron chi connectivity index (χ1n) is 7.06. The summed E-state index contributed by atoms with van der Waals surface area (Å²) in [5, 5.41) is 1.97. The third-order valence-corrected chi connectivity index (χ3v) is 3.76. The molecule has 3 nitrogen and oxygen atoms in total. The normalized spacial score (nSPS) is 17.7. The second-order valence-corrected chi connectivity index (χ2v) is 5.41. The van der Waals surface area contributed by atoms with Gasteiger partial charge in [-0.1, -0.05) is 30.3 Å². The molecule has 0 spiro atoms. The zero-order chi connectivity index (χ0) is 15.3. The van der Waals surface area contributed by atoms with Crippen molar-refractivity contribution in [1.82, 2.24) is 10.2 Å². The van der Waals surface area contributed by atoms with Crippen molar-refractivity contribution in [3.63, 3.8) is 0 Å². The number of benzene rings is 1. The summed E-state index contributed by atoms with van der Waals surface area (Å²) in [6.45, 7) is 2.67. The van der Waals surface area contributed by atoms with Gasteiger partial charge in [0.25, 0.3) is 0 Å². The Morgan fingerprint density at radius 2 is 1.81 bits per heavy atom. The minimum atomic E-state index is -4.78. The summed E-state index contributed by atoms with van der Waals surface area (Å²) in [4.78, 5) is 13.1. The Bertz CT molecular complexity index is 454. The molecule has 0 aliphatic carbocycles. The van der Waals surface area contributed by atoms with Gasteiger partial charge in [-0.15, -0.1) is 0 Å². The second-order valence-electron chi connectivity index (χ2n) is 5.41. The van der Waals surface area contributed by atoms with E-state index in [0.717, 1.165) is 32.5 Å². The highest BCUT2D eigenvalue weighted by molar-refractivity contribution is 5.81. The molecule has 0 saturated carbocycles. The Hall–Kier alpha value is -1.56. The van der Waals surface area contributed by atoms with Crippen LogP contribution in [0.25, 0.3) is 0 Å². The molecule has 1 saturated heterocycles. The molecule has 0 unspecified atom stereocenters. The molecule has 1 aromatic rings. The molecule has 1 fully saturated rings. The lowest BCUT2D eigenvalue weighted by atomic mass is 9.96. The lowest BCUT2D eigenvalue weighted by Crippen LogP contribution is -2.42. The van der Waals surface area contributed by atoms with Gasteiger partial charge in [0.1, 0.15) is 0 Å². The average molecular weight is 300 g/mol. The SMILES string of the molecule is O=C(NCC1CCN(Cc2ccccc2)CC1)C(F)(F)F. The zero-order valence-corrected chi connectivity index (χ0v) is 11.7. The number of hydrogen-bond donors (Lipinski definition) is 1.